The molecule has 8 heteroatoms. The number of hydrogen-bond donors (Lipinski definition) is 2. The molecule has 1 fully saturated rings. The Kier molecular flexibility index (Phi) is 6.69. The Morgan fingerprint density at radius 1 is 1.03 bits per heavy atom. The number of amides is 1. The fourth-order valence-electron chi connectivity index (χ4n) is 4.65. The molecule has 5 rings (SSSR count). The van der Waals surface area contributed by atoms with E-state index in [4.69, 9.17) is 17.0 Å². The standard InChI is InChI=1S/C28H27N5O2S/c1-19-11-16-24(33(19)21-12-14-22(35-2)15-13-21)27-26(23-10-6-7-17-29-23)31-28(36)32(27)18-25(34)30-20-8-4-3-5-9-20/h3-17,26-27H,18H2,1-2H3,(H,30,34)(H,31,36)/t26-,27-/m0/s1. The summed E-state index contributed by atoms with van der Waals surface area (Å²) in [5, 5.41) is 6.91. The molecule has 0 spiro atoms. The molecule has 2 N–H and O–H groups in total. The Labute approximate surface area is 215 Å². The lowest BCUT2D eigenvalue weighted by Gasteiger charge is -2.29. The summed E-state index contributed by atoms with van der Waals surface area (Å²) in [6.45, 7) is 2.16. The summed E-state index contributed by atoms with van der Waals surface area (Å²) in [6, 6.07) is 26.9. The first-order chi connectivity index (χ1) is 17.5. The largest absolute Gasteiger partial charge is 0.497 e. The third-order valence-corrected chi connectivity index (χ3v) is 6.66. The SMILES string of the molecule is COc1ccc(-n2c(C)ccc2[C@H]2[C@H](c3ccccn3)NC(=S)N2CC(=O)Nc2ccccc2)cc1. The van der Waals surface area contributed by atoms with Gasteiger partial charge in [0.1, 0.15) is 12.3 Å². The maximum Gasteiger partial charge on any atom is 0.244 e. The van der Waals surface area contributed by atoms with Crippen LogP contribution in [0, 0.1) is 6.92 Å². The van der Waals surface area contributed by atoms with Crippen molar-refractivity contribution in [2.45, 2.75) is 19.0 Å². The summed E-state index contributed by atoms with van der Waals surface area (Å²) < 4.78 is 7.54. The first-order valence-corrected chi connectivity index (χ1v) is 12.1. The van der Waals surface area contributed by atoms with Crippen LogP contribution in [-0.4, -0.2) is 39.1 Å². The van der Waals surface area contributed by atoms with E-state index in [9.17, 15) is 4.79 Å². The molecule has 0 aliphatic carbocycles. The Morgan fingerprint density at radius 2 is 1.78 bits per heavy atom. The quantitative estimate of drug-likeness (QED) is 0.358. The fourth-order valence-corrected chi connectivity index (χ4v) is 4.95. The van der Waals surface area contributed by atoms with Gasteiger partial charge in [-0.1, -0.05) is 24.3 Å². The summed E-state index contributed by atoms with van der Waals surface area (Å²) in [6.07, 6.45) is 1.77. The lowest BCUT2D eigenvalue weighted by atomic mass is 10.0. The van der Waals surface area contributed by atoms with Gasteiger partial charge >= 0.3 is 0 Å². The van der Waals surface area contributed by atoms with Crippen LogP contribution in [0.3, 0.4) is 0 Å². The molecule has 3 heterocycles. The van der Waals surface area contributed by atoms with Crippen LogP contribution in [0.5, 0.6) is 5.75 Å². The predicted octanol–water partition coefficient (Wildman–Crippen LogP) is 4.80. The van der Waals surface area contributed by atoms with Crippen molar-refractivity contribution in [2.75, 3.05) is 19.0 Å². The van der Waals surface area contributed by atoms with Crippen LogP contribution in [0.2, 0.25) is 0 Å². The van der Waals surface area contributed by atoms with Gasteiger partial charge in [-0.05, 0) is 79.8 Å². The highest BCUT2D eigenvalue weighted by Crippen LogP contribution is 2.40. The van der Waals surface area contributed by atoms with Gasteiger partial charge in [-0.25, -0.2) is 0 Å². The van der Waals surface area contributed by atoms with E-state index < -0.39 is 0 Å². The summed E-state index contributed by atoms with van der Waals surface area (Å²) in [5.74, 6) is 0.649. The van der Waals surface area contributed by atoms with E-state index in [2.05, 4.69) is 39.2 Å². The molecule has 1 saturated heterocycles. The van der Waals surface area contributed by atoms with Crippen molar-refractivity contribution in [3.05, 3.63) is 108 Å². The van der Waals surface area contributed by atoms with E-state index >= 15 is 0 Å². The van der Waals surface area contributed by atoms with Crippen LogP contribution in [0.1, 0.15) is 29.2 Å². The van der Waals surface area contributed by atoms with Gasteiger partial charge in [-0.2, -0.15) is 0 Å². The van der Waals surface area contributed by atoms with Crippen LogP contribution < -0.4 is 15.4 Å². The number of anilines is 1. The van der Waals surface area contributed by atoms with Crippen molar-refractivity contribution in [3.8, 4) is 11.4 Å². The Balaban J connectivity index is 1.54. The molecule has 0 unspecified atom stereocenters. The molecule has 7 nitrogen and oxygen atoms in total. The van der Waals surface area contributed by atoms with Crippen molar-refractivity contribution in [3.63, 3.8) is 0 Å². The highest BCUT2D eigenvalue weighted by Gasteiger charge is 2.42. The van der Waals surface area contributed by atoms with Gasteiger partial charge in [-0.15, -0.1) is 0 Å². The van der Waals surface area contributed by atoms with E-state index in [1.165, 1.54) is 0 Å². The molecule has 1 amide bonds. The maximum absolute atomic E-state index is 13.1. The molecular weight excluding hydrogens is 470 g/mol. The number of para-hydroxylation sites is 1. The highest BCUT2D eigenvalue weighted by molar-refractivity contribution is 7.80. The third-order valence-electron chi connectivity index (χ3n) is 6.31. The number of nitrogens with one attached hydrogen (secondary N) is 2. The monoisotopic (exact) mass is 497 g/mol. The number of aromatic nitrogens is 2. The average Bonchev–Trinajstić information content (AvgIpc) is 3.44. The van der Waals surface area contributed by atoms with Crippen molar-refractivity contribution >= 4 is 28.9 Å². The average molecular weight is 498 g/mol. The number of methoxy groups -OCH3 is 1. The van der Waals surface area contributed by atoms with Crippen molar-refractivity contribution in [1.82, 2.24) is 19.8 Å². The lowest BCUT2D eigenvalue weighted by Crippen LogP contribution is -2.37. The Morgan fingerprint density at radius 3 is 2.47 bits per heavy atom. The number of pyridine rings is 1. The van der Waals surface area contributed by atoms with Gasteiger partial charge in [0.15, 0.2) is 5.11 Å². The summed E-state index contributed by atoms with van der Waals surface area (Å²) in [7, 11) is 1.66. The number of hydrogen-bond acceptors (Lipinski definition) is 4. The van der Waals surface area contributed by atoms with Crippen molar-refractivity contribution in [1.29, 1.82) is 0 Å². The predicted molar refractivity (Wildman–Crippen MR) is 144 cm³/mol. The van der Waals surface area contributed by atoms with Crippen LogP contribution in [-0.2, 0) is 4.79 Å². The zero-order chi connectivity index (χ0) is 25.1. The summed E-state index contributed by atoms with van der Waals surface area (Å²) in [5.41, 5.74) is 4.68. The minimum Gasteiger partial charge on any atom is -0.497 e. The molecular formula is C28H27N5O2S. The van der Waals surface area contributed by atoms with Crippen LogP contribution >= 0.6 is 12.2 Å². The van der Waals surface area contributed by atoms with Gasteiger partial charge in [0, 0.05) is 29.0 Å². The van der Waals surface area contributed by atoms with Gasteiger partial charge < -0.3 is 24.8 Å². The second kappa shape index (κ2) is 10.2. The molecule has 0 bridgehead atoms. The zero-order valence-corrected chi connectivity index (χ0v) is 20.9. The van der Waals surface area contributed by atoms with Gasteiger partial charge in [0.2, 0.25) is 5.91 Å². The second-order valence-electron chi connectivity index (χ2n) is 8.60. The summed E-state index contributed by atoms with van der Waals surface area (Å²) >= 11 is 5.76. The van der Waals surface area contributed by atoms with E-state index in [-0.39, 0.29) is 24.5 Å². The summed E-state index contributed by atoms with van der Waals surface area (Å²) in [4.78, 5) is 19.6. The Hall–Kier alpha value is -4.17. The first kappa shape index (κ1) is 23.6. The highest BCUT2D eigenvalue weighted by atomic mass is 32.1. The van der Waals surface area contributed by atoms with E-state index in [1.807, 2.05) is 77.7 Å². The van der Waals surface area contributed by atoms with Crippen LogP contribution in [0.15, 0.2) is 91.1 Å². The maximum atomic E-state index is 13.1. The van der Waals surface area contributed by atoms with Crippen LogP contribution in [0.25, 0.3) is 5.69 Å². The molecule has 0 saturated carbocycles. The number of aryl methyl sites for hydroxylation is 1. The number of thiocarbonyl (C=S) groups is 1. The van der Waals surface area contributed by atoms with E-state index in [0.717, 1.165) is 34.2 Å². The molecule has 2 atom stereocenters. The minimum absolute atomic E-state index is 0.0988. The topological polar surface area (TPSA) is 71.4 Å². The zero-order valence-electron chi connectivity index (χ0n) is 20.1. The normalized spacial score (nSPS) is 17.1. The number of ether oxygens (including phenoxy) is 1. The van der Waals surface area contributed by atoms with Gasteiger partial charge in [-0.3, -0.25) is 9.78 Å². The van der Waals surface area contributed by atoms with E-state index in [0.29, 0.717) is 5.11 Å². The van der Waals surface area contributed by atoms with Gasteiger partial charge in [0.25, 0.3) is 0 Å². The van der Waals surface area contributed by atoms with Crippen LogP contribution in [0.4, 0.5) is 5.69 Å². The molecule has 4 aromatic rings. The molecule has 0 radical (unpaired) electrons. The number of nitrogens with zero attached hydrogens (tertiary/aromatic N) is 3. The Bertz CT molecular complexity index is 1360. The molecule has 2 aromatic heterocycles. The lowest BCUT2D eigenvalue weighted by molar-refractivity contribution is -0.116. The molecule has 1 aliphatic heterocycles. The molecule has 36 heavy (non-hydrogen) atoms. The van der Waals surface area contributed by atoms with Gasteiger partial charge in [0.05, 0.1) is 24.9 Å². The van der Waals surface area contributed by atoms with Crippen molar-refractivity contribution < 1.29 is 9.53 Å². The third kappa shape index (κ3) is 4.67. The second-order valence-corrected chi connectivity index (χ2v) is 8.99. The van der Waals surface area contributed by atoms with Crippen molar-refractivity contribution in [2.24, 2.45) is 0 Å². The number of carbonyl (C=O) groups excluding carboxylic acids is 1. The minimum atomic E-state index is -0.260. The number of carbonyl (C=O) groups is 1. The fraction of sp³-hybridized carbons (Fsp3) is 0.179. The first-order valence-electron chi connectivity index (χ1n) is 11.7. The van der Waals surface area contributed by atoms with E-state index in [1.54, 1.807) is 13.3 Å². The number of benzene rings is 2. The molecule has 182 valence electrons. The molecule has 2 aromatic carbocycles. The molecule has 1 aliphatic rings. The smallest absolute Gasteiger partial charge is 0.244 e. The number of rotatable bonds is 7.